The Morgan fingerprint density at radius 1 is 1.03 bits per heavy atom. The summed E-state index contributed by atoms with van der Waals surface area (Å²) in [6.45, 7) is 4.14. The van der Waals surface area contributed by atoms with Gasteiger partial charge in [0.1, 0.15) is 6.61 Å². The lowest BCUT2D eigenvalue weighted by Crippen LogP contribution is -2.17. The largest absolute Gasteiger partial charge is 0.490 e. The molecule has 0 aliphatic heterocycles. The lowest BCUT2D eigenvalue weighted by Gasteiger charge is -2.16. The molecule has 0 heterocycles. The summed E-state index contributed by atoms with van der Waals surface area (Å²) < 4.78 is 35.4. The molecule has 3 rings (SSSR count). The first-order valence-electron chi connectivity index (χ1n) is 10.4. The van der Waals surface area contributed by atoms with Crippen LogP contribution in [0.3, 0.4) is 0 Å². The lowest BCUT2D eigenvalue weighted by molar-refractivity contribution is 0.267. The summed E-state index contributed by atoms with van der Waals surface area (Å²) >= 11 is 9.84. The summed E-state index contributed by atoms with van der Waals surface area (Å²) in [4.78, 5) is 0.115. The molecule has 33 heavy (non-hydrogen) atoms. The molecular weight excluding hydrogens is 528 g/mol. The second-order valence-electron chi connectivity index (χ2n) is 7.33. The van der Waals surface area contributed by atoms with Crippen LogP contribution < -0.4 is 19.9 Å². The van der Waals surface area contributed by atoms with E-state index in [9.17, 15) is 8.42 Å². The van der Waals surface area contributed by atoms with E-state index in [2.05, 4.69) is 21.2 Å². The highest BCUT2D eigenvalue weighted by Crippen LogP contribution is 2.37. The van der Waals surface area contributed by atoms with Gasteiger partial charge in [-0.1, -0.05) is 41.9 Å². The topological polar surface area (TPSA) is 90.6 Å². The molecule has 0 aliphatic carbocycles. The Labute approximate surface area is 208 Å². The molecule has 0 amide bonds. The molecule has 0 atom stereocenters. The Balaban J connectivity index is 1.60. The molecular formula is C24H26BrClN2O4S. The SMILES string of the molecule is CCOc1cc(CNCCc2ccc(S(N)(=O)=O)cc2)cc(Br)c1OCc1ccccc1Cl. The number of halogens is 2. The van der Waals surface area contributed by atoms with Crippen LogP contribution in [0.25, 0.3) is 0 Å². The Bertz CT molecular complexity index is 1190. The lowest BCUT2D eigenvalue weighted by atomic mass is 10.1. The van der Waals surface area contributed by atoms with Crippen LogP contribution in [0.2, 0.25) is 5.02 Å². The maximum atomic E-state index is 11.4. The number of sulfonamides is 1. The fourth-order valence-electron chi connectivity index (χ4n) is 3.20. The number of nitrogens with two attached hydrogens (primary N) is 1. The van der Waals surface area contributed by atoms with Crippen molar-refractivity contribution < 1.29 is 17.9 Å². The molecule has 3 aromatic rings. The van der Waals surface area contributed by atoms with Gasteiger partial charge in [0.15, 0.2) is 11.5 Å². The molecule has 0 saturated carbocycles. The summed E-state index contributed by atoms with van der Waals surface area (Å²) in [6.07, 6.45) is 0.753. The highest BCUT2D eigenvalue weighted by atomic mass is 79.9. The molecule has 0 unspecified atom stereocenters. The molecule has 6 nitrogen and oxygen atoms in total. The van der Waals surface area contributed by atoms with Crippen LogP contribution in [-0.2, 0) is 29.6 Å². The van der Waals surface area contributed by atoms with Crippen molar-refractivity contribution >= 4 is 37.6 Å². The van der Waals surface area contributed by atoms with Crippen LogP contribution in [0, 0.1) is 0 Å². The molecule has 0 aliphatic rings. The first-order valence-corrected chi connectivity index (χ1v) is 13.1. The number of rotatable bonds is 11. The third-order valence-electron chi connectivity index (χ3n) is 4.87. The number of benzene rings is 3. The van der Waals surface area contributed by atoms with E-state index in [-0.39, 0.29) is 4.90 Å². The van der Waals surface area contributed by atoms with Crippen LogP contribution in [0.4, 0.5) is 0 Å². The second-order valence-corrected chi connectivity index (χ2v) is 10.2. The number of primary sulfonamides is 1. The summed E-state index contributed by atoms with van der Waals surface area (Å²) in [5, 5.41) is 9.19. The van der Waals surface area contributed by atoms with E-state index >= 15 is 0 Å². The monoisotopic (exact) mass is 552 g/mol. The molecule has 0 radical (unpaired) electrons. The van der Waals surface area contributed by atoms with E-state index in [1.165, 1.54) is 12.1 Å². The average Bonchev–Trinajstić information content (AvgIpc) is 2.77. The minimum atomic E-state index is -3.67. The van der Waals surface area contributed by atoms with Crippen molar-refractivity contribution in [2.75, 3.05) is 13.2 Å². The highest BCUT2D eigenvalue weighted by Gasteiger charge is 2.13. The molecule has 3 aromatic carbocycles. The molecule has 0 aromatic heterocycles. The van der Waals surface area contributed by atoms with Gasteiger partial charge in [0.2, 0.25) is 10.0 Å². The Hall–Kier alpha value is -2.10. The van der Waals surface area contributed by atoms with Crippen molar-refractivity contribution in [1.82, 2.24) is 5.32 Å². The summed E-state index contributed by atoms with van der Waals surface area (Å²) in [6, 6.07) is 18.1. The van der Waals surface area contributed by atoms with Gasteiger partial charge in [0.05, 0.1) is 16.0 Å². The van der Waals surface area contributed by atoms with E-state index in [1.54, 1.807) is 12.1 Å². The Kier molecular flexibility index (Phi) is 9.17. The molecule has 3 N–H and O–H groups in total. The van der Waals surface area contributed by atoms with Crippen molar-refractivity contribution in [2.24, 2.45) is 5.14 Å². The number of ether oxygens (including phenoxy) is 2. The van der Waals surface area contributed by atoms with Crippen molar-refractivity contribution in [2.45, 2.75) is 31.4 Å². The number of nitrogens with one attached hydrogen (secondary N) is 1. The third-order valence-corrected chi connectivity index (χ3v) is 6.76. The third kappa shape index (κ3) is 7.45. The summed E-state index contributed by atoms with van der Waals surface area (Å²) in [7, 11) is -3.67. The minimum Gasteiger partial charge on any atom is -0.490 e. The number of hydrogen-bond acceptors (Lipinski definition) is 5. The maximum absolute atomic E-state index is 11.4. The second kappa shape index (κ2) is 11.9. The van der Waals surface area contributed by atoms with Gasteiger partial charge in [-0.05, 0) is 77.3 Å². The molecule has 176 valence electrons. The van der Waals surface area contributed by atoms with Crippen LogP contribution in [0.15, 0.2) is 70.0 Å². The Morgan fingerprint density at radius 2 is 1.76 bits per heavy atom. The van der Waals surface area contributed by atoms with Gasteiger partial charge < -0.3 is 14.8 Å². The standard InChI is InChI=1S/C24H26BrClN2O4S/c1-2-31-23-14-18(13-21(25)24(23)32-16-19-5-3-4-6-22(19)26)15-28-12-11-17-7-9-20(10-8-17)33(27,29)30/h3-10,13-14,28H,2,11-12,15-16H2,1H3,(H2,27,29,30). The zero-order chi connectivity index (χ0) is 23.8. The predicted octanol–water partition coefficient (Wildman–Crippen LogP) is 5.06. The van der Waals surface area contributed by atoms with E-state index in [0.29, 0.717) is 36.3 Å². The van der Waals surface area contributed by atoms with Gasteiger partial charge in [-0.15, -0.1) is 0 Å². The van der Waals surface area contributed by atoms with Crippen LogP contribution in [0.5, 0.6) is 11.5 Å². The van der Waals surface area contributed by atoms with Crippen LogP contribution in [-0.4, -0.2) is 21.6 Å². The van der Waals surface area contributed by atoms with Gasteiger partial charge in [-0.3, -0.25) is 0 Å². The van der Waals surface area contributed by atoms with E-state index in [1.807, 2.05) is 43.3 Å². The van der Waals surface area contributed by atoms with Gasteiger partial charge >= 0.3 is 0 Å². The zero-order valence-electron chi connectivity index (χ0n) is 18.2. The van der Waals surface area contributed by atoms with Crippen LogP contribution >= 0.6 is 27.5 Å². The molecule has 9 heteroatoms. The van der Waals surface area contributed by atoms with Crippen LogP contribution in [0.1, 0.15) is 23.6 Å². The molecule has 0 saturated heterocycles. The smallest absolute Gasteiger partial charge is 0.238 e. The molecule has 0 spiro atoms. The van der Waals surface area contributed by atoms with Gasteiger partial charge in [0.25, 0.3) is 0 Å². The fourth-order valence-corrected chi connectivity index (χ4v) is 4.51. The van der Waals surface area contributed by atoms with Crippen molar-refractivity contribution in [3.8, 4) is 11.5 Å². The first kappa shape index (κ1) is 25.5. The number of hydrogen-bond donors (Lipinski definition) is 2. The van der Waals surface area contributed by atoms with Gasteiger partial charge in [0, 0.05) is 17.1 Å². The van der Waals surface area contributed by atoms with E-state index in [4.69, 9.17) is 26.2 Å². The van der Waals surface area contributed by atoms with E-state index in [0.717, 1.165) is 34.1 Å². The van der Waals surface area contributed by atoms with Crippen molar-refractivity contribution in [3.05, 3.63) is 86.8 Å². The van der Waals surface area contributed by atoms with E-state index < -0.39 is 10.0 Å². The molecule has 0 fully saturated rings. The van der Waals surface area contributed by atoms with Gasteiger partial charge in [-0.25, -0.2) is 13.6 Å². The van der Waals surface area contributed by atoms with Gasteiger partial charge in [-0.2, -0.15) is 0 Å². The average molecular weight is 554 g/mol. The zero-order valence-corrected chi connectivity index (χ0v) is 21.3. The predicted molar refractivity (Wildman–Crippen MR) is 134 cm³/mol. The minimum absolute atomic E-state index is 0.115. The maximum Gasteiger partial charge on any atom is 0.238 e. The fraction of sp³-hybridized carbons (Fsp3) is 0.250. The van der Waals surface area contributed by atoms with Crippen molar-refractivity contribution in [1.29, 1.82) is 0 Å². The normalized spacial score (nSPS) is 11.4. The quantitative estimate of drug-likeness (QED) is 0.324. The summed E-state index contributed by atoms with van der Waals surface area (Å²) in [5.41, 5.74) is 2.96. The Morgan fingerprint density at radius 3 is 2.42 bits per heavy atom. The van der Waals surface area contributed by atoms with Crippen molar-refractivity contribution in [3.63, 3.8) is 0 Å². The molecule has 0 bridgehead atoms. The summed E-state index contributed by atoms with van der Waals surface area (Å²) in [5.74, 6) is 1.30. The first-order chi connectivity index (χ1) is 15.8. The highest BCUT2D eigenvalue weighted by molar-refractivity contribution is 9.10.